The summed E-state index contributed by atoms with van der Waals surface area (Å²) in [7, 11) is 3.32. The normalized spacial score (nSPS) is 15.1. The minimum atomic E-state index is 0.177. The molecule has 27 heavy (non-hydrogen) atoms. The zero-order chi connectivity index (χ0) is 19.5. The Balaban J connectivity index is 1.77. The number of nitrogens with one attached hydrogen (secondary N) is 3. The molecule has 0 radical (unpaired) electrons. The molecule has 7 heteroatoms. The highest BCUT2D eigenvalue weighted by Gasteiger charge is 2.20. The number of guanidine groups is 1. The van der Waals surface area contributed by atoms with Gasteiger partial charge in [0.2, 0.25) is 5.91 Å². The molecule has 0 saturated heterocycles. The van der Waals surface area contributed by atoms with Crippen molar-refractivity contribution in [3.63, 3.8) is 0 Å². The largest absolute Gasteiger partial charge is 0.493 e. The summed E-state index contributed by atoms with van der Waals surface area (Å²) in [6.07, 6.45) is 5.62. The van der Waals surface area contributed by atoms with Gasteiger partial charge in [0.1, 0.15) is 0 Å². The average Bonchev–Trinajstić information content (AvgIpc) is 2.71. The molecular weight excluding hydrogens is 344 g/mol. The van der Waals surface area contributed by atoms with Crippen LogP contribution in [0.4, 0.5) is 5.69 Å². The van der Waals surface area contributed by atoms with Crippen molar-refractivity contribution in [1.82, 2.24) is 10.6 Å². The van der Waals surface area contributed by atoms with Gasteiger partial charge < -0.3 is 25.4 Å². The van der Waals surface area contributed by atoms with Gasteiger partial charge in [-0.25, -0.2) is 0 Å². The smallest absolute Gasteiger partial charge is 0.223 e. The third-order valence-corrected chi connectivity index (χ3v) is 4.64. The summed E-state index contributed by atoms with van der Waals surface area (Å²) < 4.78 is 10.9. The molecule has 1 amide bonds. The van der Waals surface area contributed by atoms with Crippen LogP contribution in [0.15, 0.2) is 23.2 Å². The van der Waals surface area contributed by atoms with Crippen molar-refractivity contribution in [2.24, 2.45) is 10.9 Å². The number of hydrogen-bond donors (Lipinski definition) is 3. The van der Waals surface area contributed by atoms with E-state index in [4.69, 9.17) is 9.47 Å². The molecule has 7 nitrogen and oxygen atoms in total. The average molecular weight is 377 g/mol. The van der Waals surface area contributed by atoms with Crippen molar-refractivity contribution in [3.8, 4) is 11.5 Å². The Morgan fingerprint density at radius 2 is 1.89 bits per heavy atom. The number of anilines is 1. The first-order valence-corrected chi connectivity index (χ1v) is 9.74. The fourth-order valence-corrected chi connectivity index (χ4v) is 3.21. The van der Waals surface area contributed by atoms with Gasteiger partial charge >= 0.3 is 0 Å². The van der Waals surface area contributed by atoms with Crippen molar-refractivity contribution in [3.05, 3.63) is 18.2 Å². The molecule has 2 rings (SSSR count). The first-order valence-electron chi connectivity index (χ1n) is 9.74. The molecule has 1 aromatic rings. The van der Waals surface area contributed by atoms with E-state index in [1.54, 1.807) is 14.2 Å². The predicted octanol–water partition coefficient (Wildman–Crippen LogP) is 2.78. The molecule has 3 N–H and O–H groups in total. The Bertz CT molecular complexity index is 628. The van der Waals surface area contributed by atoms with Crippen LogP contribution in [0.3, 0.4) is 0 Å². The van der Waals surface area contributed by atoms with E-state index in [1.165, 1.54) is 19.3 Å². The van der Waals surface area contributed by atoms with Crippen molar-refractivity contribution in [2.45, 2.75) is 39.0 Å². The number of nitrogens with zero attached hydrogens (tertiary/aromatic N) is 1. The number of carbonyl (C=O) groups is 1. The lowest BCUT2D eigenvalue weighted by Gasteiger charge is -2.21. The number of aliphatic imine (C=N–C) groups is 1. The van der Waals surface area contributed by atoms with Gasteiger partial charge in [-0.15, -0.1) is 0 Å². The molecule has 0 aromatic heterocycles. The highest BCUT2D eigenvalue weighted by Crippen LogP contribution is 2.30. The third-order valence-electron chi connectivity index (χ3n) is 4.64. The molecule has 0 aliphatic heterocycles. The van der Waals surface area contributed by atoms with Crippen molar-refractivity contribution in [1.29, 1.82) is 0 Å². The summed E-state index contributed by atoms with van der Waals surface area (Å²) in [5.74, 6) is 2.37. The van der Waals surface area contributed by atoms with Crippen LogP contribution in [0.5, 0.6) is 11.5 Å². The van der Waals surface area contributed by atoms with E-state index >= 15 is 0 Å². The van der Waals surface area contributed by atoms with Gasteiger partial charge in [-0.3, -0.25) is 9.79 Å². The molecule has 0 spiro atoms. The zero-order valence-electron chi connectivity index (χ0n) is 16.6. The van der Waals surface area contributed by atoms with Gasteiger partial charge in [-0.1, -0.05) is 19.3 Å². The van der Waals surface area contributed by atoms with E-state index in [1.807, 2.05) is 25.1 Å². The number of carbonyl (C=O) groups excluding carboxylic acids is 1. The molecule has 0 heterocycles. The summed E-state index contributed by atoms with van der Waals surface area (Å²) in [6.45, 7) is 3.69. The maximum absolute atomic E-state index is 12.1. The number of ether oxygens (including phenoxy) is 2. The predicted molar refractivity (Wildman–Crippen MR) is 109 cm³/mol. The van der Waals surface area contributed by atoms with E-state index in [2.05, 4.69) is 20.9 Å². The maximum atomic E-state index is 12.1. The van der Waals surface area contributed by atoms with Gasteiger partial charge in [0.15, 0.2) is 17.5 Å². The van der Waals surface area contributed by atoms with Gasteiger partial charge in [0.05, 0.1) is 13.7 Å². The molecule has 0 unspecified atom stereocenters. The van der Waals surface area contributed by atoms with Gasteiger partial charge in [0.25, 0.3) is 0 Å². The standard InChI is InChI=1S/C20H32N4O3/c1-4-27-17-11-10-16(14-18(17)26-3)24-20(21-2)23-13-12-22-19(25)15-8-6-5-7-9-15/h10-11,14-15H,4-9,12-13H2,1-3H3,(H,22,25)(H2,21,23,24). The minimum absolute atomic E-state index is 0.177. The lowest BCUT2D eigenvalue weighted by atomic mass is 9.89. The molecule has 1 aliphatic carbocycles. The van der Waals surface area contributed by atoms with E-state index in [-0.39, 0.29) is 11.8 Å². The molecule has 150 valence electrons. The van der Waals surface area contributed by atoms with E-state index < -0.39 is 0 Å². The van der Waals surface area contributed by atoms with Crippen molar-refractivity contribution >= 4 is 17.6 Å². The Kier molecular flexibility index (Phi) is 8.74. The van der Waals surface area contributed by atoms with E-state index in [0.29, 0.717) is 37.2 Å². The first-order chi connectivity index (χ1) is 13.2. The maximum Gasteiger partial charge on any atom is 0.223 e. The highest BCUT2D eigenvalue weighted by atomic mass is 16.5. The van der Waals surface area contributed by atoms with E-state index in [9.17, 15) is 4.79 Å². The molecule has 1 aliphatic rings. The van der Waals surface area contributed by atoms with Crippen LogP contribution in [-0.4, -0.2) is 45.7 Å². The van der Waals surface area contributed by atoms with Crippen LogP contribution in [0.2, 0.25) is 0 Å². The molecular formula is C20H32N4O3. The Labute approximate surface area is 161 Å². The third kappa shape index (κ3) is 6.66. The lowest BCUT2D eigenvalue weighted by Crippen LogP contribution is -2.40. The fourth-order valence-electron chi connectivity index (χ4n) is 3.21. The second-order valence-electron chi connectivity index (χ2n) is 6.55. The van der Waals surface area contributed by atoms with Crippen molar-refractivity contribution in [2.75, 3.05) is 39.2 Å². The number of amides is 1. The van der Waals surface area contributed by atoms with Crippen LogP contribution >= 0.6 is 0 Å². The molecule has 0 bridgehead atoms. The highest BCUT2D eigenvalue weighted by molar-refractivity contribution is 5.93. The SMILES string of the molecule is CCOc1ccc(NC(=NC)NCCNC(=O)C2CCCCC2)cc1OC. The zero-order valence-corrected chi connectivity index (χ0v) is 16.6. The summed E-state index contributed by atoms with van der Waals surface area (Å²) in [6, 6.07) is 5.64. The summed E-state index contributed by atoms with van der Waals surface area (Å²) in [5.41, 5.74) is 0.842. The van der Waals surface area contributed by atoms with E-state index in [0.717, 1.165) is 18.5 Å². The number of rotatable bonds is 8. The molecule has 1 saturated carbocycles. The summed E-state index contributed by atoms with van der Waals surface area (Å²) >= 11 is 0. The Morgan fingerprint density at radius 3 is 2.56 bits per heavy atom. The van der Waals surface area contributed by atoms with Crippen LogP contribution in [0.25, 0.3) is 0 Å². The monoisotopic (exact) mass is 376 g/mol. The lowest BCUT2D eigenvalue weighted by molar-refractivity contribution is -0.125. The molecule has 0 atom stereocenters. The first kappa shape index (κ1) is 20.9. The van der Waals surface area contributed by atoms with Gasteiger partial charge in [-0.2, -0.15) is 0 Å². The molecule has 1 aromatic carbocycles. The van der Waals surface area contributed by atoms with Gasteiger partial charge in [-0.05, 0) is 31.9 Å². The quantitative estimate of drug-likeness (QED) is 0.369. The number of benzene rings is 1. The van der Waals surface area contributed by atoms with Crippen LogP contribution < -0.4 is 25.4 Å². The summed E-state index contributed by atoms with van der Waals surface area (Å²) in [4.78, 5) is 16.4. The molecule has 1 fully saturated rings. The van der Waals surface area contributed by atoms with Crippen LogP contribution in [0.1, 0.15) is 39.0 Å². The fraction of sp³-hybridized carbons (Fsp3) is 0.600. The van der Waals surface area contributed by atoms with Crippen molar-refractivity contribution < 1.29 is 14.3 Å². The number of hydrogen-bond acceptors (Lipinski definition) is 4. The van der Waals surface area contributed by atoms with Crippen LogP contribution in [0, 0.1) is 5.92 Å². The minimum Gasteiger partial charge on any atom is -0.493 e. The second-order valence-corrected chi connectivity index (χ2v) is 6.55. The summed E-state index contributed by atoms with van der Waals surface area (Å²) in [5, 5.41) is 9.44. The topological polar surface area (TPSA) is 84.0 Å². The Hall–Kier alpha value is -2.44. The second kappa shape index (κ2) is 11.3. The van der Waals surface area contributed by atoms with Gasteiger partial charge in [0, 0.05) is 37.8 Å². The van der Waals surface area contributed by atoms with Crippen LogP contribution in [-0.2, 0) is 4.79 Å². The Morgan fingerprint density at radius 1 is 1.15 bits per heavy atom. The number of methoxy groups -OCH3 is 1.